The number of hydrogen-bond acceptors (Lipinski definition) is 3. The van der Waals surface area contributed by atoms with Crippen LogP contribution in [0.2, 0.25) is 0 Å². The van der Waals surface area contributed by atoms with Gasteiger partial charge < -0.3 is 4.90 Å². The molecule has 0 unspecified atom stereocenters. The van der Waals surface area contributed by atoms with E-state index in [1.54, 1.807) is 4.57 Å². The van der Waals surface area contributed by atoms with Crippen LogP contribution < -0.4 is 11.1 Å². The molecule has 4 nitrogen and oxygen atoms in total. The third-order valence-corrected chi connectivity index (χ3v) is 7.50. The molecule has 2 bridgehead atoms. The highest BCUT2D eigenvalue weighted by Crippen LogP contribution is 2.34. The fourth-order valence-corrected chi connectivity index (χ4v) is 6.14. The van der Waals surface area contributed by atoms with Gasteiger partial charge in [-0.1, -0.05) is 55.0 Å². The minimum Gasteiger partial charge on any atom is -0.300 e. The molecule has 152 valence electrons. The standard InChI is InChI=1S/C26H26N2O2/c29-25-23-18-9-1-2-10-19(18)24(21-12-4-3-11-20(21)23)26(30)28(25)16-17-8-7-15-27-14-6-5-13-22(17)27/h1-4,9-12,17,22H,5-8,13-16H2/t17-,22-/m0/s1. The second kappa shape index (κ2) is 6.92. The Kier molecular flexibility index (Phi) is 4.17. The van der Waals surface area contributed by atoms with E-state index in [0.717, 1.165) is 47.5 Å². The summed E-state index contributed by atoms with van der Waals surface area (Å²) in [5.41, 5.74) is -0.249. The van der Waals surface area contributed by atoms with Crippen molar-refractivity contribution in [1.82, 2.24) is 9.47 Å². The summed E-state index contributed by atoms with van der Waals surface area (Å²) in [5, 5.41) is 4.97. The molecule has 0 amide bonds. The number of aromatic nitrogens is 1. The lowest BCUT2D eigenvalue weighted by molar-refractivity contribution is 0.0512. The third-order valence-electron chi connectivity index (χ3n) is 7.50. The van der Waals surface area contributed by atoms with Crippen LogP contribution in [0.5, 0.6) is 0 Å². The molecule has 2 aromatic heterocycles. The molecule has 4 heteroatoms. The Balaban J connectivity index is 1.63. The summed E-state index contributed by atoms with van der Waals surface area (Å²) in [6, 6.07) is 16.3. The van der Waals surface area contributed by atoms with Crippen LogP contribution in [0.15, 0.2) is 58.1 Å². The quantitative estimate of drug-likeness (QED) is 0.471. The summed E-state index contributed by atoms with van der Waals surface area (Å²) in [6.07, 6.45) is 5.97. The maximum atomic E-state index is 13.8. The van der Waals surface area contributed by atoms with E-state index in [0.29, 0.717) is 29.3 Å². The van der Waals surface area contributed by atoms with Gasteiger partial charge in [-0.3, -0.25) is 14.2 Å². The number of hydrogen-bond donors (Lipinski definition) is 0. The average Bonchev–Trinajstić information content (AvgIpc) is 2.94. The Morgan fingerprint density at radius 1 is 0.700 bits per heavy atom. The van der Waals surface area contributed by atoms with Crippen LogP contribution in [-0.2, 0) is 6.54 Å². The van der Waals surface area contributed by atoms with E-state index >= 15 is 0 Å². The minimum absolute atomic E-state index is 0.125. The van der Waals surface area contributed by atoms with E-state index in [1.807, 2.05) is 48.5 Å². The molecule has 4 heterocycles. The highest BCUT2D eigenvalue weighted by molar-refractivity contribution is 6.25. The summed E-state index contributed by atoms with van der Waals surface area (Å²) >= 11 is 0. The van der Waals surface area contributed by atoms with Gasteiger partial charge in [0, 0.05) is 12.6 Å². The number of piperidine rings is 2. The number of rotatable bonds is 2. The van der Waals surface area contributed by atoms with Gasteiger partial charge in [-0.2, -0.15) is 0 Å². The van der Waals surface area contributed by atoms with Crippen LogP contribution in [0.25, 0.3) is 32.3 Å². The normalized spacial score (nSPS) is 22.7. The molecule has 0 aliphatic carbocycles. The molecule has 5 aromatic rings. The Morgan fingerprint density at radius 2 is 1.23 bits per heavy atom. The SMILES string of the molecule is O=c1c2c3ccccc3c(c(=O)n1C[C@@H]1CCCN3CCCC[C@@H]13)c1ccccc12. The van der Waals surface area contributed by atoms with Gasteiger partial charge >= 0.3 is 0 Å². The number of benzene rings is 3. The van der Waals surface area contributed by atoms with Gasteiger partial charge in [0.05, 0.1) is 10.8 Å². The summed E-state index contributed by atoms with van der Waals surface area (Å²) in [7, 11) is 0. The first-order valence-corrected chi connectivity index (χ1v) is 11.3. The first-order valence-electron chi connectivity index (χ1n) is 11.3. The summed E-state index contributed by atoms with van der Waals surface area (Å²) in [5.74, 6) is 0.372. The van der Waals surface area contributed by atoms with E-state index in [4.69, 9.17) is 0 Å². The highest BCUT2D eigenvalue weighted by atomic mass is 16.2. The van der Waals surface area contributed by atoms with Crippen LogP contribution in [0.3, 0.4) is 0 Å². The fourth-order valence-electron chi connectivity index (χ4n) is 6.14. The Bertz CT molecular complexity index is 1230. The van der Waals surface area contributed by atoms with Gasteiger partial charge in [0.1, 0.15) is 0 Å². The topological polar surface area (TPSA) is 42.3 Å². The molecule has 2 saturated heterocycles. The highest BCUT2D eigenvalue weighted by Gasteiger charge is 2.34. The number of fused-ring (bicyclic) bond motifs is 3. The van der Waals surface area contributed by atoms with Crippen LogP contribution >= 0.6 is 0 Å². The predicted molar refractivity (Wildman–Crippen MR) is 123 cm³/mol. The van der Waals surface area contributed by atoms with E-state index in [1.165, 1.54) is 19.3 Å². The molecular weight excluding hydrogens is 372 g/mol. The first kappa shape index (κ1) is 18.1. The Morgan fingerprint density at radius 3 is 1.80 bits per heavy atom. The Hall–Kier alpha value is -2.72. The second-order valence-electron chi connectivity index (χ2n) is 9.06. The molecule has 2 aliphatic rings. The summed E-state index contributed by atoms with van der Waals surface area (Å²) in [4.78, 5) is 30.2. The largest absolute Gasteiger partial charge is 0.300 e. The molecular formula is C26H26N2O2. The minimum atomic E-state index is -0.125. The van der Waals surface area contributed by atoms with Gasteiger partial charge in [0.2, 0.25) is 0 Å². The molecule has 7 rings (SSSR count). The van der Waals surface area contributed by atoms with Crippen molar-refractivity contribution in [3.63, 3.8) is 0 Å². The summed E-state index contributed by atoms with van der Waals surface area (Å²) in [6.45, 7) is 2.86. The van der Waals surface area contributed by atoms with Crippen molar-refractivity contribution in [2.75, 3.05) is 13.1 Å². The van der Waals surface area contributed by atoms with Crippen molar-refractivity contribution in [1.29, 1.82) is 0 Å². The fraction of sp³-hybridized carbons (Fsp3) is 0.385. The predicted octanol–water partition coefficient (Wildman–Crippen LogP) is 4.37. The average molecular weight is 399 g/mol. The van der Waals surface area contributed by atoms with Crippen molar-refractivity contribution in [3.05, 3.63) is 69.2 Å². The third kappa shape index (κ3) is 2.56. The zero-order valence-electron chi connectivity index (χ0n) is 17.1. The second-order valence-corrected chi connectivity index (χ2v) is 9.06. The smallest absolute Gasteiger partial charge is 0.262 e. The molecule has 0 radical (unpaired) electrons. The maximum Gasteiger partial charge on any atom is 0.262 e. The lowest BCUT2D eigenvalue weighted by Gasteiger charge is -2.44. The molecule has 0 spiro atoms. The van der Waals surface area contributed by atoms with Gasteiger partial charge in [0.15, 0.2) is 0 Å². The molecule has 2 aliphatic heterocycles. The van der Waals surface area contributed by atoms with Crippen molar-refractivity contribution in [2.45, 2.75) is 44.7 Å². The monoisotopic (exact) mass is 398 g/mol. The van der Waals surface area contributed by atoms with Gasteiger partial charge in [0.25, 0.3) is 11.1 Å². The van der Waals surface area contributed by atoms with Crippen molar-refractivity contribution in [2.24, 2.45) is 5.92 Å². The van der Waals surface area contributed by atoms with E-state index in [2.05, 4.69) is 4.90 Å². The maximum absolute atomic E-state index is 13.8. The van der Waals surface area contributed by atoms with E-state index in [9.17, 15) is 9.59 Å². The molecule has 2 atom stereocenters. The molecule has 3 aromatic carbocycles. The van der Waals surface area contributed by atoms with Crippen LogP contribution in [0.4, 0.5) is 0 Å². The molecule has 0 saturated carbocycles. The van der Waals surface area contributed by atoms with Gasteiger partial charge in [-0.15, -0.1) is 0 Å². The van der Waals surface area contributed by atoms with Crippen LogP contribution in [0, 0.1) is 5.92 Å². The van der Waals surface area contributed by atoms with Crippen molar-refractivity contribution in [3.8, 4) is 0 Å². The molecule has 2 fully saturated rings. The lowest BCUT2D eigenvalue weighted by atomic mass is 9.83. The number of nitrogens with zero attached hydrogens (tertiary/aromatic N) is 2. The van der Waals surface area contributed by atoms with Crippen LogP contribution in [-0.4, -0.2) is 28.6 Å². The summed E-state index contributed by atoms with van der Waals surface area (Å²) < 4.78 is 1.58. The molecule has 30 heavy (non-hydrogen) atoms. The Labute approximate surface area is 175 Å². The van der Waals surface area contributed by atoms with E-state index in [-0.39, 0.29) is 11.1 Å². The first-order chi connectivity index (χ1) is 14.7. The van der Waals surface area contributed by atoms with Gasteiger partial charge in [-0.05, 0) is 66.2 Å². The molecule has 0 N–H and O–H groups in total. The van der Waals surface area contributed by atoms with Crippen molar-refractivity contribution >= 4 is 32.3 Å². The van der Waals surface area contributed by atoms with Crippen LogP contribution in [0.1, 0.15) is 32.1 Å². The van der Waals surface area contributed by atoms with Gasteiger partial charge in [-0.25, -0.2) is 0 Å². The van der Waals surface area contributed by atoms with E-state index < -0.39 is 0 Å². The van der Waals surface area contributed by atoms with Crippen molar-refractivity contribution < 1.29 is 0 Å². The zero-order chi connectivity index (χ0) is 20.2. The lowest BCUT2D eigenvalue weighted by Crippen LogP contribution is -2.50. The zero-order valence-corrected chi connectivity index (χ0v) is 17.1.